The normalized spacial score (nSPS) is 10.4. The molecule has 2 rings (SSSR count). The molecule has 0 aliphatic carbocycles. The molecular weight excluding hydrogens is 178 g/mol. The predicted octanol–water partition coefficient (Wildman–Crippen LogP) is 1.81. The van der Waals surface area contributed by atoms with E-state index in [0.717, 1.165) is 16.7 Å². The molecule has 0 spiro atoms. The number of benzene rings is 1. The van der Waals surface area contributed by atoms with E-state index in [2.05, 4.69) is 15.3 Å². The zero-order valence-corrected chi connectivity index (χ0v) is 8.09. The number of aromatic amines is 1. The van der Waals surface area contributed by atoms with E-state index in [4.69, 9.17) is 0 Å². The number of rotatable bonds is 2. The molecular formula is C10H11N3O. The molecule has 2 N–H and O–H groups in total. The molecule has 0 saturated heterocycles. The van der Waals surface area contributed by atoms with Gasteiger partial charge in [0.2, 0.25) is 0 Å². The topological polar surface area (TPSA) is 57.8 Å². The minimum absolute atomic E-state index is 0.0489. The third-order valence-electron chi connectivity index (χ3n) is 2.11. The standard InChI is InChI=1S/C10H11N3O/c1-6(14)10-12-8-4-3-7(11-2)5-9(8)13-10/h3-5,11H,1-2H3,(H,12,13). The summed E-state index contributed by atoms with van der Waals surface area (Å²) in [5, 5.41) is 3.02. The van der Waals surface area contributed by atoms with Crippen molar-refractivity contribution in [2.45, 2.75) is 6.92 Å². The monoisotopic (exact) mass is 189 g/mol. The first-order valence-electron chi connectivity index (χ1n) is 4.39. The van der Waals surface area contributed by atoms with Crippen LogP contribution >= 0.6 is 0 Å². The van der Waals surface area contributed by atoms with Crippen LogP contribution in [0.4, 0.5) is 5.69 Å². The zero-order valence-electron chi connectivity index (χ0n) is 8.09. The molecule has 1 aromatic heterocycles. The lowest BCUT2D eigenvalue weighted by Crippen LogP contribution is -1.93. The van der Waals surface area contributed by atoms with Gasteiger partial charge < -0.3 is 10.3 Å². The molecule has 1 heterocycles. The van der Waals surface area contributed by atoms with Crippen molar-refractivity contribution in [1.29, 1.82) is 0 Å². The third-order valence-corrected chi connectivity index (χ3v) is 2.11. The van der Waals surface area contributed by atoms with Gasteiger partial charge in [0.25, 0.3) is 0 Å². The highest BCUT2D eigenvalue weighted by Crippen LogP contribution is 2.16. The summed E-state index contributed by atoms with van der Waals surface area (Å²) >= 11 is 0. The second-order valence-corrected chi connectivity index (χ2v) is 3.12. The lowest BCUT2D eigenvalue weighted by molar-refractivity contribution is 0.100. The number of carbonyl (C=O) groups excluding carboxylic acids is 1. The van der Waals surface area contributed by atoms with Crippen LogP contribution in [-0.4, -0.2) is 22.8 Å². The Labute approximate surface area is 81.3 Å². The number of ketones is 1. The van der Waals surface area contributed by atoms with Gasteiger partial charge in [0.15, 0.2) is 11.6 Å². The number of Topliss-reactive ketones (excluding diaryl/α,β-unsaturated/α-hetero) is 1. The first-order valence-corrected chi connectivity index (χ1v) is 4.39. The Morgan fingerprint density at radius 3 is 2.93 bits per heavy atom. The van der Waals surface area contributed by atoms with Crippen LogP contribution in [0.15, 0.2) is 18.2 Å². The van der Waals surface area contributed by atoms with E-state index in [-0.39, 0.29) is 5.78 Å². The molecule has 14 heavy (non-hydrogen) atoms. The Morgan fingerprint density at radius 1 is 1.50 bits per heavy atom. The van der Waals surface area contributed by atoms with Gasteiger partial charge >= 0.3 is 0 Å². The average Bonchev–Trinajstić information content (AvgIpc) is 2.59. The molecule has 0 unspecified atom stereocenters. The van der Waals surface area contributed by atoms with Crippen molar-refractivity contribution in [2.24, 2.45) is 0 Å². The molecule has 0 aliphatic rings. The van der Waals surface area contributed by atoms with Crippen molar-refractivity contribution in [3.8, 4) is 0 Å². The highest BCUT2D eigenvalue weighted by atomic mass is 16.1. The molecule has 0 atom stereocenters. The largest absolute Gasteiger partial charge is 0.388 e. The molecule has 72 valence electrons. The molecule has 0 bridgehead atoms. The summed E-state index contributed by atoms with van der Waals surface area (Å²) in [7, 11) is 1.85. The molecule has 4 nitrogen and oxygen atoms in total. The zero-order chi connectivity index (χ0) is 10.1. The maximum atomic E-state index is 11.1. The van der Waals surface area contributed by atoms with Gasteiger partial charge in [-0.3, -0.25) is 4.79 Å². The number of imidazole rings is 1. The van der Waals surface area contributed by atoms with Gasteiger partial charge in [0.05, 0.1) is 11.0 Å². The summed E-state index contributed by atoms with van der Waals surface area (Å²) < 4.78 is 0. The van der Waals surface area contributed by atoms with Crippen molar-refractivity contribution in [3.63, 3.8) is 0 Å². The number of aromatic nitrogens is 2. The van der Waals surface area contributed by atoms with Gasteiger partial charge in [-0.2, -0.15) is 0 Å². The van der Waals surface area contributed by atoms with E-state index in [1.54, 1.807) is 0 Å². The summed E-state index contributed by atoms with van der Waals surface area (Å²) in [5.41, 5.74) is 2.68. The lowest BCUT2D eigenvalue weighted by atomic mass is 10.3. The molecule has 2 aromatic rings. The fourth-order valence-corrected chi connectivity index (χ4v) is 1.33. The molecule has 0 saturated carbocycles. The van der Waals surface area contributed by atoms with Crippen molar-refractivity contribution < 1.29 is 4.79 Å². The minimum atomic E-state index is -0.0489. The van der Waals surface area contributed by atoms with Crippen molar-refractivity contribution >= 4 is 22.5 Å². The van der Waals surface area contributed by atoms with E-state index in [0.29, 0.717) is 5.82 Å². The van der Waals surface area contributed by atoms with Gasteiger partial charge in [-0.15, -0.1) is 0 Å². The van der Waals surface area contributed by atoms with Crippen LogP contribution in [-0.2, 0) is 0 Å². The smallest absolute Gasteiger partial charge is 0.195 e. The minimum Gasteiger partial charge on any atom is -0.388 e. The number of nitrogens with zero attached hydrogens (tertiary/aromatic N) is 1. The maximum absolute atomic E-state index is 11.1. The van der Waals surface area contributed by atoms with E-state index in [9.17, 15) is 4.79 Å². The highest BCUT2D eigenvalue weighted by Gasteiger charge is 2.06. The van der Waals surface area contributed by atoms with Crippen LogP contribution in [0, 0.1) is 0 Å². The summed E-state index contributed by atoms with van der Waals surface area (Å²) in [6.45, 7) is 1.50. The number of hydrogen-bond acceptors (Lipinski definition) is 3. The molecule has 0 radical (unpaired) electrons. The van der Waals surface area contributed by atoms with Crippen LogP contribution in [0.1, 0.15) is 17.5 Å². The molecule has 1 aromatic carbocycles. The van der Waals surface area contributed by atoms with Crippen molar-refractivity contribution in [1.82, 2.24) is 9.97 Å². The highest BCUT2D eigenvalue weighted by molar-refractivity contribution is 5.94. The molecule has 0 amide bonds. The number of nitrogens with one attached hydrogen (secondary N) is 2. The van der Waals surface area contributed by atoms with E-state index >= 15 is 0 Å². The van der Waals surface area contributed by atoms with Crippen molar-refractivity contribution in [2.75, 3.05) is 12.4 Å². The van der Waals surface area contributed by atoms with Gasteiger partial charge in [0, 0.05) is 19.7 Å². The first kappa shape index (κ1) is 8.74. The first-order chi connectivity index (χ1) is 6.70. The van der Waals surface area contributed by atoms with Crippen LogP contribution in [0.3, 0.4) is 0 Å². The maximum Gasteiger partial charge on any atom is 0.195 e. The Bertz CT molecular complexity index is 487. The summed E-state index contributed by atoms with van der Waals surface area (Å²) in [4.78, 5) is 18.2. The van der Waals surface area contributed by atoms with E-state index in [1.807, 2.05) is 25.2 Å². The number of hydrogen-bond donors (Lipinski definition) is 2. The summed E-state index contributed by atoms with van der Waals surface area (Å²) in [5.74, 6) is 0.362. The van der Waals surface area contributed by atoms with Crippen LogP contribution in [0.5, 0.6) is 0 Å². The van der Waals surface area contributed by atoms with Crippen LogP contribution in [0.2, 0.25) is 0 Å². The van der Waals surface area contributed by atoms with Gasteiger partial charge in [-0.25, -0.2) is 4.98 Å². The quantitative estimate of drug-likeness (QED) is 0.708. The van der Waals surface area contributed by atoms with Gasteiger partial charge in [-0.1, -0.05) is 0 Å². The number of anilines is 1. The second-order valence-electron chi connectivity index (χ2n) is 3.12. The van der Waals surface area contributed by atoms with Crippen LogP contribution in [0.25, 0.3) is 11.0 Å². The lowest BCUT2D eigenvalue weighted by Gasteiger charge is -1.96. The van der Waals surface area contributed by atoms with Crippen molar-refractivity contribution in [3.05, 3.63) is 24.0 Å². The second kappa shape index (κ2) is 3.14. The third kappa shape index (κ3) is 1.35. The Balaban J connectivity index is 2.60. The predicted molar refractivity (Wildman–Crippen MR) is 55.6 cm³/mol. The fourth-order valence-electron chi connectivity index (χ4n) is 1.33. The number of fused-ring (bicyclic) bond motifs is 1. The van der Waals surface area contributed by atoms with Crippen LogP contribution < -0.4 is 5.32 Å². The van der Waals surface area contributed by atoms with Gasteiger partial charge in [-0.05, 0) is 18.2 Å². The summed E-state index contributed by atoms with van der Waals surface area (Å²) in [6, 6.07) is 5.74. The van der Waals surface area contributed by atoms with E-state index in [1.165, 1.54) is 6.92 Å². The number of H-pyrrole nitrogens is 1. The summed E-state index contributed by atoms with van der Waals surface area (Å²) in [6.07, 6.45) is 0. The van der Waals surface area contributed by atoms with E-state index < -0.39 is 0 Å². The Hall–Kier alpha value is -1.84. The Morgan fingerprint density at radius 2 is 2.29 bits per heavy atom. The van der Waals surface area contributed by atoms with Gasteiger partial charge in [0.1, 0.15) is 0 Å². The molecule has 0 aliphatic heterocycles. The molecule has 4 heteroatoms. The SMILES string of the molecule is CNc1ccc2[nH]c(C(C)=O)nc2c1. The number of carbonyl (C=O) groups is 1. The average molecular weight is 189 g/mol. The molecule has 0 fully saturated rings. The fraction of sp³-hybridized carbons (Fsp3) is 0.200. The Kier molecular flexibility index (Phi) is 1.96.